The highest BCUT2D eigenvalue weighted by Crippen LogP contribution is 2.19. The summed E-state index contributed by atoms with van der Waals surface area (Å²) >= 11 is 6.62. The SMILES string of the molecule is Cc1cc(Br)cc(NS(C)(=O)=O)c1.Cc1cc(N)cc(Br)c1. The number of nitrogens with two attached hydrogens (primary N) is 1. The second kappa shape index (κ2) is 7.99. The highest BCUT2D eigenvalue weighted by molar-refractivity contribution is 9.10. The monoisotopic (exact) mass is 448 g/mol. The first-order valence-electron chi connectivity index (χ1n) is 6.33. The first kappa shape index (κ1) is 19.0. The number of hydrogen-bond acceptors (Lipinski definition) is 3. The maximum absolute atomic E-state index is 10.9. The zero-order valence-electron chi connectivity index (χ0n) is 12.5. The van der Waals surface area contributed by atoms with E-state index in [1.54, 1.807) is 12.1 Å². The lowest BCUT2D eigenvalue weighted by Crippen LogP contribution is -2.09. The smallest absolute Gasteiger partial charge is 0.229 e. The summed E-state index contributed by atoms with van der Waals surface area (Å²) in [6, 6.07) is 11.2. The Labute approximate surface area is 148 Å². The Morgan fingerprint density at radius 1 is 0.909 bits per heavy atom. The fourth-order valence-electron chi connectivity index (χ4n) is 1.77. The number of nitrogen functional groups attached to an aromatic ring is 1. The summed E-state index contributed by atoms with van der Waals surface area (Å²) in [4.78, 5) is 0. The van der Waals surface area contributed by atoms with Crippen LogP contribution < -0.4 is 10.5 Å². The van der Waals surface area contributed by atoms with Gasteiger partial charge in [0.05, 0.1) is 6.26 Å². The number of nitrogens with one attached hydrogen (secondary N) is 1. The van der Waals surface area contributed by atoms with Gasteiger partial charge in [0.25, 0.3) is 0 Å². The average molecular weight is 450 g/mol. The van der Waals surface area contributed by atoms with E-state index in [9.17, 15) is 8.42 Å². The van der Waals surface area contributed by atoms with Gasteiger partial charge in [0, 0.05) is 20.3 Å². The molecular weight excluding hydrogens is 432 g/mol. The first-order chi connectivity index (χ1) is 10.0. The molecule has 120 valence electrons. The zero-order chi connectivity index (χ0) is 16.9. The second-order valence-corrected chi connectivity index (χ2v) is 8.53. The maximum Gasteiger partial charge on any atom is 0.229 e. The van der Waals surface area contributed by atoms with Crippen LogP contribution in [0.2, 0.25) is 0 Å². The van der Waals surface area contributed by atoms with E-state index in [2.05, 4.69) is 36.6 Å². The molecule has 7 heteroatoms. The third-order valence-electron chi connectivity index (χ3n) is 2.41. The molecule has 0 unspecified atom stereocenters. The summed E-state index contributed by atoms with van der Waals surface area (Å²) in [5.74, 6) is 0. The summed E-state index contributed by atoms with van der Waals surface area (Å²) in [7, 11) is -3.18. The van der Waals surface area contributed by atoms with Crippen molar-refractivity contribution < 1.29 is 8.42 Å². The molecule has 0 heterocycles. The topological polar surface area (TPSA) is 72.2 Å². The number of hydrogen-bond donors (Lipinski definition) is 2. The Kier molecular flexibility index (Phi) is 6.90. The number of sulfonamides is 1. The lowest BCUT2D eigenvalue weighted by Gasteiger charge is -2.05. The molecule has 0 atom stereocenters. The van der Waals surface area contributed by atoms with E-state index in [4.69, 9.17) is 5.73 Å². The minimum atomic E-state index is -3.18. The van der Waals surface area contributed by atoms with Gasteiger partial charge >= 0.3 is 0 Å². The van der Waals surface area contributed by atoms with Crippen molar-refractivity contribution in [1.29, 1.82) is 0 Å². The Balaban J connectivity index is 0.000000235. The van der Waals surface area contributed by atoms with Crippen LogP contribution in [0.3, 0.4) is 0 Å². The first-order valence-corrected chi connectivity index (χ1v) is 9.80. The van der Waals surface area contributed by atoms with Crippen LogP contribution in [0, 0.1) is 13.8 Å². The third-order valence-corrected chi connectivity index (χ3v) is 3.93. The zero-order valence-corrected chi connectivity index (χ0v) is 16.5. The van der Waals surface area contributed by atoms with Crippen molar-refractivity contribution in [2.45, 2.75) is 13.8 Å². The minimum Gasteiger partial charge on any atom is -0.399 e. The van der Waals surface area contributed by atoms with E-state index >= 15 is 0 Å². The molecule has 0 aliphatic rings. The van der Waals surface area contributed by atoms with Crippen molar-refractivity contribution in [1.82, 2.24) is 0 Å². The number of rotatable bonds is 2. The van der Waals surface area contributed by atoms with Gasteiger partial charge in [-0.3, -0.25) is 4.72 Å². The summed E-state index contributed by atoms with van der Waals surface area (Å²) in [5.41, 5.74) is 9.10. The largest absolute Gasteiger partial charge is 0.399 e. The quantitative estimate of drug-likeness (QED) is 0.664. The van der Waals surface area contributed by atoms with E-state index in [1.165, 1.54) is 5.56 Å². The molecule has 0 amide bonds. The molecule has 0 saturated heterocycles. The molecule has 2 aromatic rings. The molecule has 0 saturated carbocycles. The lowest BCUT2D eigenvalue weighted by molar-refractivity contribution is 0.607. The van der Waals surface area contributed by atoms with E-state index in [-0.39, 0.29) is 0 Å². The molecule has 22 heavy (non-hydrogen) atoms. The average Bonchev–Trinajstić information content (AvgIpc) is 2.22. The van der Waals surface area contributed by atoms with E-state index < -0.39 is 10.0 Å². The molecular formula is C15H18Br2N2O2S. The van der Waals surface area contributed by atoms with Gasteiger partial charge in [0.15, 0.2) is 0 Å². The van der Waals surface area contributed by atoms with Gasteiger partial charge < -0.3 is 5.73 Å². The predicted octanol–water partition coefficient (Wildman–Crippen LogP) is 4.47. The van der Waals surface area contributed by atoms with Crippen LogP contribution in [-0.2, 0) is 10.0 Å². The van der Waals surface area contributed by atoms with Crippen molar-refractivity contribution in [3.63, 3.8) is 0 Å². The fourth-order valence-corrected chi connectivity index (χ4v) is 3.55. The van der Waals surface area contributed by atoms with E-state index in [0.29, 0.717) is 5.69 Å². The van der Waals surface area contributed by atoms with Gasteiger partial charge in [-0.2, -0.15) is 0 Å². The van der Waals surface area contributed by atoms with Crippen molar-refractivity contribution >= 4 is 53.3 Å². The van der Waals surface area contributed by atoms with Crippen LogP contribution in [0.5, 0.6) is 0 Å². The number of benzene rings is 2. The van der Waals surface area contributed by atoms with E-state index in [1.807, 2.05) is 38.1 Å². The molecule has 0 bridgehead atoms. The Morgan fingerprint density at radius 2 is 1.41 bits per heavy atom. The number of halogens is 2. The Morgan fingerprint density at radius 3 is 1.82 bits per heavy atom. The van der Waals surface area contributed by atoms with Gasteiger partial charge in [-0.15, -0.1) is 0 Å². The van der Waals surface area contributed by atoms with Gasteiger partial charge in [-0.25, -0.2) is 8.42 Å². The summed E-state index contributed by atoms with van der Waals surface area (Å²) < 4.78 is 26.1. The van der Waals surface area contributed by atoms with Crippen molar-refractivity contribution in [3.8, 4) is 0 Å². The van der Waals surface area contributed by atoms with Gasteiger partial charge in [-0.1, -0.05) is 31.9 Å². The molecule has 0 aliphatic heterocycles. The third kappa shape index (κ3) is 7.82. The molecule has 0 radical (unpaired) electrons. The molecule has 3 N–H and O–H groups in total. The van der Waals surface area contributed by atoms with Crippen LogP contribution in [0.4, 0.5) is 11.4 Å². The van der Waals surface area contributed by atoms with Crippen LogP contribution in [-0.4, -0.2) is 14.7 Å². The molecule has 0 fully saturated rings. The predicted molar refractivity (Wildman–Crippen MR) is 101 cm³/mol. The van der Waals surface area contributed by atoms with Crippen molar-refractivity contribution in [3.05, 3.63) is 56.5 Å². The molecule has 0 spiro atoms. The minimum absolute atomic E-state index is 0.578. The molecule has 4 nitrogen and oxygen atoms in total. The summed E-state index contributed by atoms with van der Waals surface area (Å²) in [5, 5.41) is 0. The van der Waals surface area contributed by atoms with Gasteiger partial charge in [0.2, 0.25) is 10.0 Å². The van der Waals surface area contributed by atoms with Crippen LogP contribution in [0.1, 0.15) is 11.1 Å². The molecule has 2 rings (SSSR count). The van der Waals surface area contributed by atoms with Crippen LogP contribution in [0.15, 0.2) is 45.3 Å². The van der Waals surface area contributed by atoms with Gasteiger partial charge in [-0.05, 0) is 61.4 Å². The van der Waals surface area contributed by atoms with E-state index in [0.717, 1.165) is 26.5 Å². The Hall–Kier alpha value is -1.05. The molecule has 2 aromatic carbocycles. The van der Waals surface area contributed by atoms with Crippen molar-refractivity contribution in [2.24, 2.45) is 0 Å². The fraction of sp³-hybridized carbons (Fsp3) is 0.200. The Bertz CT molecular complexity index is 691. The standard InChI is InChI=1S/C8H10BrNO2S.C7H8BrN/c1-6-3-7(9)5-8(4-6)10-13(2,11)12;1-5-2-6(8)4-7(9)3-5/h3-5,10H,1-2H3;2-4H,9H2,1H3. The maximum atomic E-state index is 10.9. The van der Waals surface area contributed by atoms with Gasteiger partial charge in [0.1, 0.15) is 0 Å². The number of aryl methyl sites for hydroxylation is 2. The van der Waals surface area contributed by atoms with Crippen molar-refractivity contribution in [2.75, 3.05) is 16.7 Å². The summed E-state index contributed by atoms with van der Waals surface area (Å²) in [6.45, 7) is 3.92. The second-order valence-electron chi connectivity index (χ2n) is 4.95. The van der Waals surface area contributed by atoms with Crippen LogP contribution >= 0.6 is 31.9 Å². The summed E-state index contributed by atoms with van der Waals surface area (Å²) in [6.07, 6.45) is 1.13. The van der Waals surface area contributed by atoms with Crippen LogP contribution in [0.25, 0.3) is 0 Å². The normalized spacial score (nSPS) is 10.6. The highest BCUT2D eigenvalue weighted by atomic mass is 79.9. The highest BCUT2D eigenvalue weighted by Gasteiger charge is 2.02. The number of anilines is 2. The molecule has 0 aromatic heterocycles. The lowest BCUT2D eigenvalue weighted by atomic mass is 10.2. The molecule has 0 aliphatic carbocycles.